The first-order valence-electron chi connectivity index (χ1n) is 4.36. The number of aliphatic hydroxyl groups excluding tert-OH is 1. The molecule has 1 aliphatic carbocycles. The minimum absolute atomic E-state index is 0.243. The van der Waals surface area contributed by atoms with Crippen molar-refractivity contribution < 1.29 is 5.11 Å². The van der Waals surface area contributed by atoms with Gasteiger partial charge < -0.3 is 15.3 Å². The number of hydrogen-bond acceptors (Lipinski definition) is 3. The van der Waals surface area contributed by atoms with Gasteiger partial charge in [0.15, 0.2) is 0 Å². The van der Waals surface area contributed by atoms with Crippen LogP contribution in [0.2, 0.25) is 0 Å². The number of aliphatic hydroxyl groups is 1. The summed E-state index contributed by atoms with van der Waals surface area (Å²) in [5.74, 6) is 0. The van der Waals surface area contributed by atoms with Gasteiger partial charge in [0.2, 0.25) is 0 Å². The van der Waals surface area contributed by atoms with Crippen LogP contribution in [-0.4, -0.2) is 49.3 Å². The van der Waals surface area contributed by atoms with Crippen molar-refractivity contribution in [1.82, 2.24) is 10.2 Å². The summed E-state index contributed by atoms with van der Waals surface area (Å²) >= 11 is 0. The maximum atomic E-state index is 8.48. The van der Waals surface area contributed by atoms with E-state index in [4.69, 9.17) is 5.11 Å². The number of hydrogen-bond donors (Lipinski definition) is 2. The summed E-state index contributed by atoms with van der Waals surface area (Å²) in [6.07, 6.45) is 2.74. The molecule has 11 heavy (non-hydrogen) atoms. The number of likely N-dealkylation sites (N-methyl/N-ethyl adjacent to an activating group) is 1. The Morgan fingerprint density at radius 2 is 2.18 bits per heavy atom. The highest BCUT2D eigenvalue weighted by atomic mass is 16.3. The highest BCUT2D eigenvalue weighted by Crippen LogP contribution is 2.24. The molecular weight excluding hydrogens is 140 g/mol. The van der Waals surface area contributed by atoms with Crippen LogP contribution in [0.1, 0.15) is 12.8 Å². The number of nitrogens with zero attached hydrogens (tertiary/aromatic N) is 1. The standard InChI is InChI=1S/C8H18N2O/c1-10(8-2-3-8)6-4-9-5-7-11/h8-9,11H,2-7H2,1H3. The van der Waals surface area contributed by atoms with Gasteiger partial charge in [0.1, 0.15) is 0 Å². The van der Waals surface area contributed by atoms with Gasteiger partial charge in [-0.2, -0.15) is 0 Å². The van der Waals surface area contributed by atoms with E-state index in [-0.39, 0.29) is 6.61 Å². The molecule has 0 saturated heterocycles. The van der Waals surface area contributed by atoms with Crippen LogP contribution in [0.15, 0.2) is 0 Å². The van der Waals surface area contributed by atoms with Gasteiger partial charge in [-0.3, -0.25) is 0 Å². The van der Waals surface area contributed by atoms with Gasteiger partial charge in [0.25, 0.3) is 0 Å². The first-order valence-corrected chi connectivity index (χ1v) is 4.36. The average molecular weight is 158 g/mol. The minimum atomic E-state index is 0.243. The zero-order chi connectivity index (χ0) is 8.10. The van der Waals surface area contributed by atoms with Crippen LogP contribution in [0.3, 0.4) is 0 Å². The van der Waals surface area contributed by atoms with E-state index in [1.165, 1.54) is 12.8 Å². The van der Waals surface area contributed by atoms with E-state index >= 15 is 0 Å². The second-order valence-electron chi connectivity index (χ2n) is 3.19. The summed E-state index contributed by atoms with van der Waals surface area (Å²) in [5.41, 5.74) is 0. The van der Waals surface area contributed by atoms with Gasteiger partial charge in [0.05, 0.1) is 6.61 Å². The van der Waals surface area contributed by atoms with Crippen LogP contribution >= 0.6 is 0 Å². The largest absolute Gasteiger partial charge is 0.395 e. The van der Waals surface area contributed by atoms with Crippen LogP contribution in [0.4, 0.5) is 0 Å². The molecule has 0 amide bonds. The molecule has 3 heteroatoms. The van der Waals surface area contributed by atoms with Gasteiger partial charge in [-0.1, -0.05) is 0 Å². The molecule has 0 radical (unpaired) electrons. The van der Waals surface area contributed by atoms with Gasteiger partial charge in [-0.25, -0.2) is 0 Å². The molecule has 0 bridgehead atoms. The summed E-state index contributed by atoms with van der Waals surface area (Å²) in [6.45, 7) is 3.06. The SMILES string of the molecule is CN(CCNCCO)C1CC1. The summed E-state index contributed by atoms with van der Waals surface area (Å²) in [5, 5.41) is 11.6. The molecule has 0 heterocycles. The molecule has 2 N–H and O–H groups in total. The van der Waals surface area contributed by atoms with E-state index in [9.17, 15) is 0 Å². The molecule has 66 valence electrons. The van der Waals surface area contributed by atoms with Gasteiger partial charge in [-0.15, -0.1) is 0 Å². The maximum Gasteiger partial charge on any atom is 0.0555 e. The van der Waals surface area contributed by atoms with E-state index in [2.05, 4.69) is 17.3 Å². The molecule has 3 nitrogen and oxygen atoms in total. The smallest absolute Gasteiger partial charge is 0.0555 e. The Morgan fingerprint density at radius 3 is 2.73 bits per heavy atom. The summed E-state index contributed by atoms with van der Waals surface area (Å²) < 4.78 is 0. The lowest BCUT2D eigenvalue weighted by Gasteiger charge is -2.15. The maximum absolute atomic E-state index is 8.48. The topological polar surface area (TPSA) is 35.5 Å². The third-order valence-electron chi connectivity index (χ3n) is 2.10. The summed E-state index contributed by atoms with van der Waals surface area (Å²) in [6, 6.07) is 0.853. The zero-order valence-corrected chi connectivity index (χ0v) is 7.21. The van der Waals surface area contributed by atoms with Crippen molar-refractivity contribution in [2.45, 2.75) is 18.9 Å². The highest BCUT2D eigenvalue weighted by Gasteiger charge is 2.25. The normalized spacial score (nSPS) is 17.7. The predicted molar refractivity (Wildman–Crippen MR) is 45.6 cm³/mol. The predicted octanol–water partition coefficient (Wildman–Crippen LogP) is -0.337. The molecule has 0 aromatic heterocycles. The summed E-state index contributed by atoms with van der Waals surface area (Å²) in [4.78, 5) is 2.38. The van der Waals surface area contributed by atoms with Crippen molar-refractivity contribution in [3.8, 4) is 0 Å². The van der Waals surface area contributed by atoms with Crippen LogP contribution in [0.25, 0.3) is 0 Å². The molecule has 0 atom stereocenters. The fraction of sp³-hybridized carbons (Fsp3) is 1.00. The fourth-order valence-electron chi connectivity index (χ4n) is 1.16. The fourth-order valence-corrected chi connectivity index (χ4v) is 1.16. The second-order valence-corrected chi connectivity index (χ2v) is 3.19. The Hall–Kier alpha value is -0.120. The lowest BCUT2D eigenvalue weighted by atomic mass is 10.5. The quantitative estimate of drug-likeness (QED) is 0.519. The lowest BCUT2D eigenvalue weighted by Crippen LogP contribution is -2.31. The molecule has 1 aliphatic rings. The van der Waals surface area contributed by atoms with Crippen molar-refractivity contribution in [3.63, 3.8) is 0 Å². The van der Waals surface area contributed by atoms with Crippen LogP contribution < -0.4 is 5.32 Å². The van der Waals surface area contributed by atoms with E-state index in [0.29, 0.717) is 0 Å². The molecule has 0 aliphatic heterocycles. The molecular formula is C8H18N2O. The van der Waals surface area contributed by atoms with Crippen molar-refractivity contribution in [3.05, 3.63) is 0 Å². The van der Waals surface area contributed by atoms with E-state index in [0.717, 1.165) is 25.7 Å². The van der Waals surface area contributed by atoms with Crippen LogP contribution in [0.5, 0.6) is 0 Å². The Morgan fingerprint density at radius 1 is 1.45 bits per heavy atom. The Kier molecular flexibility index (Phi) is 3.83. The molecule has 1 saturated carbocycles. The Labute approximate surface area is 68.4 Å². The van der Waals surface area contributed by atoms with Gasteiger partial charge >= 0.3 is 0 Å². The molecule has 1 rings (SSSR count). The van der Waals surface area contributed by atoms with Gasteiger partial charge in [-0.05, 0) is 19.9 Å². The Bertz CT molecular complexity index is 104. The molecule has 0 aromatic carbocycles. The van der Waals surface area contributed by atoms with Crippen LogP contribution in [0, 0.1) is 0 Å². The average Bonchev–Trinajstić information content (AvgIpc) is 2.79. The zero-order valence-electron chi connectivity index (χ0n) is 7.21. The van der Waals surface area contributed by atoms with Crippen molar-refractivity contribution in [2.75, 3.05) is 33.3 Å². The first kappa shape index (κ1) is 8.97. The third-order valence-corrected chi connectivity index (χ3v) is 2.10. The number of rotatable bonds is 6. The monoisotopic (exact) mass is 158 g/mol. The number of nitrogens with one attached hydrogen (secondary N) is 1. The van der Waals surface area contributed by atoms with Gasteiger partial charge in [0, 0.05) is 25.7 Å². The lowest BCUT2D eigenvalue weighted by molar-refractivity contribution is 0.280. The van der Waals surface area contributed by atoms with E-state index in [1.807, 2.05) is 0 Å². The van der Waals surface area contributed by atoms with E-state index < -0.39 is 0 Å². The van der Waals surface area contributed by atoms with Crippen molar-refractivity contribution >= 4 is 0 Å². The van der Waals surface area contributed by atoms with E-state index in [1.54, 1.807) is 0 Å². The molecule has 0 aromatic rings. The highest BCUT2D eigenvalue weighted by molar-refractivity contribution is 4.82. The molecule has 0 spiro atoms. The van der Waals surface area contributed by atoms with Crippen molar-refractivity contribution in [2.24, 2.45) is 0 Å². The third kappa shape index (κ3) is 3.70. The minimum Gasteiger partial charge on any atom is -0.395 e. The second kappa shape index (κ2) is 4.70. The summed E-state index contributed by atoms with van der Waals surface area (Å²) in [7, 11) is 2.16. The molecule has 1 fully saturated rings. The Balaban J connectivity index is 1.85. The molecule has 0 unspecified atom stereocenters. The van der Waals surface area contributed by atoms with Crippen LogP contribution in [-0.2, 0) is 0 Å². The van der Waals surface area contributed by atoms with Crippen molar-refractivity contribution in [1.29, 1.82) is 0 Å². The first-order chi connectivity index (χ1) is 5.34.